The van der Waals surface area contributed by atoms with E-state index in [1.165, 1.54) is 0 Å². The summed E-state index contributed by atoms with van der Waals surface area (Å²) in [5, 5.41) is 8.74. The fourth-order valence-electron chi connectivity index (χ4n) is 1.79. The minimum Gasteiger partial charge on any atom is -0.354 e. The number of halogens is 1. The molecule has 4 heteroatoms. The molecule has 1 aliphatic heterocycles. The van der Waals surface area contributed by atoms with Crippen LogP contribution < -0.4 is 4.90 Å². The van der Waals surface area contributed by atoms with Crippen molar-refractivity contribution in [2.75, 3.05) is 18.0 Å². The maximum Gasteiger partial charge on any atom is 0.129 e. The van der Waals surface area contributed by atoms with Crippen molar-refractivity contribution in [2.24, 2.45) is 0 Å². The molecule has 0 spiro atoms. The van der Waals surface area contributed by atoms with Crippen molar-refractivity contribution in [1.82, 2.24) is 4.98 Å². The van der Waals surface area contributed by atoms with Gasteiger partial charge in [0.25, 0.3) is 0 Å². The third kappa shape index (κ3) is 2.24. The molecule has 2 heterocycles. The van der Waals surface area contributed by atoms with Crippen LogP contribution in [0.5, 0.6) is 0 Å². The SMILES string of the molecule is N#Cc1ccnc(N2CCCC(F)C2)c1. The highest BCUT2D eigenvalue weighted by molar-refractivity contribution is 5.45. The first-order valence-electron chi connectivity index (χ1n) is 5.05. The van der Waals surface area contributed by atoms with Crippen LogP contribution in [0.4, 0.5) is 10.2 Å². The predicted molar refractivity (Wildman–Crippen MR) is 55.3 cm³/mol. The average Bonchev–Trinajstić information content (AvgIpc) is 2.29. The minimum absolute atomic E-state index is 0.391. The minimum atomic E-state index is -0.772. The molecule has 1 atom stereocenters. The molecule has 1 saturated heterocycles. The van der Waals surface area contributed by atoms with Gasteiger partial charge in [-0.25, -0.2) is 9.37 Å². The molecule has 0 bridgehead atoms. The van der Waals surface area contributed by atoms with Gasteiger partial charge in [0.2, 0.25) is 0 Å². The lowest BCUT2D eigenvalue weighted by atomic mass is 10.1. The van der Waals surface area contributed by atoms with E-state index in [9.17, 15) is 4.39 Å². The van der Waals surface area contributed by atoms with Crippen molar-refractivity contribution in [3.8, 4) is 6.07 Å². The van der Waals surface area contributed by atoms with Gasteiger partial charge < -0.3 is 4.90 Å². The molecule has 15 heavy (non-hydrogen) atoms. The lowest BCUT2D eigenvalue weighted by Gasteiger charge is -2.29. The second-order valence-corrected chi connectivity index (χ2v) is 3.70. The summed E-state index contributed by atoms with van der Waals surface area (Å²) < 4.78 is 13.2. The number of hydrogen-bond acceptors (Lipinski definition) is 3. The number of rotatable bonds is 1. The molecule has 3 nitrogen and oxygen atoms in total. The molecule has 1 aromatic heterocycles. The summed E-state index contributed by atoms with van der Waals surface area (Å²) in [5.74, 6) is 0.705. The fraction of sp³-hybridized carbons (Fsp3) is 0.455. The smallest absolute Gasteiger partial charge is 0.129 e. The standard InChI is InChI=1S/C11H12FN3/c12-10-2-1-5-15(8-10)11-6-9(7-13)3-4-14-11/h3-4,6,10H,1-2,5,8H2. The van der Waals surface area contributed by atoms with E-state index in [-0.39, 0.29) is 0 Å². The van der Waals surface area contributed by atoms with Gasteiger partial charge >= 0.3 is 0 Å². The highest BCUT2D eigenvalue weighted by Gasteiger charge is 2.20. The topological polar surface area (TPSA) is 39.9 Å². The number of nitriles is 1. The van der Waals surface area contributed by atoms with E-state index in [1.807, 2.05) is 4.90 Å². The summed E-state index contributed by atoms with van der Waals surface area (Å²) in [6.45, 7) is 1.21. The van der Waals surface area contributed by atoms with E-state index in [0.29, 0.717) is 24.3 Å². The van der Waals surface area contributed by atoms with Gasteiger partial charge in [0.15, 0.2) is 0 Å². The Balaban J connectivity index is 2.18. The number of alkyl halides is 1. The van der Waals surface area contributed by atoms with Crippen LogP contribution in [0.3, 0.4) is 0 Å². The quantitative estimate of drug-likeness (QED) is 0.702. The second kappa shape index (κ2) is 4.26. The highest BCUT2D eigenvalue weighted by atomic mass is 19.1. The Hall–Kier alpha value is -1.63. The summed E-state index contributed by atoms with van der Waals surface area (Å²) in [6.07, 6.45) is 2.30. The number of piperidine rings is 1. The Morgan fingerprint density at radius 2 is 2.47 bits per heavy atom. The Kier molecular flexibility index (Phi) is 2.82. The molecule has 2 rings (SSSR count). The molecule has 0 aromatic carbocycles. The summed E-state index contributed by atoms with van der Waals surface area (Å²) in [7, 11) is 0. The van der Waals surface area contributed by atoms with Crippen molar-refractivity contribution in [3.05, 3.63) is 23.9 Å². The Morgan fingerprint density at radius 3 is 3.20 bits per heavy atom. The molecule has 78 valence electrons. The second-order valence-electron chi connectivity index (χ2n) is 3.70. The van der Waals surface area contributed by atoms with E-state index in [4.69, 9.17) is 5.26 Å². The molecule has 1 aromatic rings. The van der Waals surface area contributed by atoms with Crippen molar-refractivity contribution < 1.29 is 4.39 Å². The zero-order chi connectivity index (χ0) is 10.7. The number of pyridine rings is 1. The lowest BCUT2D eigenvalue weighted by molar-refractivity contribution is 0.286. The molecule has 0 N–H and O–H groups in total. The highest BCUT2D eigenvalue weighted by Crippen LogP contribution is 2.19. The molecule has 1 aliphatic rings. The van der Waals surface area contributed by atoms with Gasteiger partial charge in [0.05, 0.1) is 18.2 Å². The van der Waals surface area contributed by atoms with Crippen LogP contribution in [0.2, 0.25) is 0 Å². The monoisotopic (exact) mass is 205 g/mol. The molecule has 0 radical (unpaired) electrons. The first-order chi connectivity index (χ1) is 7.29. The summed E-state index contributed by atoms with van der Waals surface area (Å²) >= 11 is 0. The molecular weight excluding hydrogens is 193 g/mol. The third-order valence-corrected chi connectivity index (χ3v) is 2.56. The van der Waals surface area contributed by atoms with E-state index in [2.05, 4.69) is 11.1 Å². The number of hydrogen-bond donors (Lipinski definition) is 0. The largest absolute Gasteiger partial charge is 0.354 e. The zero-order valence-corrected chi connectivity index (χ0v) is 8.36. The Morgan fingerprint density at radius 1 is 1.60 bits per heavy atom. The van der Waals surface area contributed by atoms with Gasteiger partial charge in [-0.2, -0.15) is 5.26 Å². The van der Waals surface area contributed by atoms with Gasteiger partial charge in [-0.15, -0.1) is 0 Å². The van der Waals surface area contributed by atoms with Crippen LogP contribution in [0.15, 0.2) is 18.3 Å². The third-order valence-electron chi connectivity index (χ3n) is 2.56. The molecule has 0 aliphatic carbocycles. The van der Waals surface area contributed by atoms with Crippen LogP contribution in [0, 0.1) is 11.3 Å². The first kappa shape index (κ1) is 9.91. The molecule has 0 saturated carbocycles. The molecular formula is C11H12FN3. The van der Waals surface area contributed by atoms with Crippen molar-refractivity contribution in [1.29, 1.82) is 5.26 Å². The van der Waals surface area contributed by atoms with Crippen LogP contribution in [-0.4, -0.2) is 24.2 Å². The van der Waals surface area contributed by atoms with E-state index in [1.54, 1.807) is 18.3 Å². The predicted octanol–water partition coefficient (Wildman–Crippen LogP) is 1.89. The van der Waals surface area contributed by atoms with Gasteiger partial charge in [-0.3, -0.25) is 0 Å². The Bertz CT molecular complexity index is 386. The fourth-order valence-corrected chi connectivity index (χ4v) is 1.79. The number of aromatic nitrogens is 1. The zero-order valence-electron chi connectivity index (χ0n) is 8.36. The molecule has 1 fully saturated rings. The van der Waals surface area contributed by atoms with Crippen molar-refractivity contribution in [3.63, 3.8) is 0 Å². The first-order valence-corrected chi connectivity index (χ1v) is 5.05. The van der Waals surface area contributed by atoms with Crippen molar-refractivity contribution >= 4 is 5.82 Å². The van der Waals surface area contributed by atoms with Crippen LogP contribution in [-0.2, 0) is 0 Å². The Labute approximate surface area is 88.2 Å². The summed E-state index contributed by atoms with van der Waals surface area (Å²) in [4.78, 5) is 6.05. The summed E-state index contributed by atoms with van der Waals surface area (Å²) in [6, 6.07) is 5.42. The van der Waals surface area contributed by atoms with Gasteiger partial charge in [0.1, 0.15) is 12.0 Å². The number of anilines is 1. The molecule has 0 amide bonds. The van der Waals surface area contributed by atoms with E-state index < -0.39 is 6.17 Å². The lowest BCUT2D eigenvalue weighted by Crippen LogP contribution is -2.36. The number of nitrogens with zero attached hydrogens (tertiary/aromatic N) is 3. The van der Waals surface area contributed by atoms with E-state index in [0.717, 1.165) is 13.0 Å². The van der Waals surface area contributed by atoms with Gasteiger partial charge in [-0.05, 0) is 25.0 Å². The maximum atomic E-state index is 13.2. The van der Waals surface area contributed by atoms with Gasteiger partial charge in [0, 0.05) is 12.7 Å². The van der Waals surface area contributed by atoms with Crippen molar-refractivity contribution in [2.45, 2.75) is 19.0 Å². The van der Waals surface area contributed by atoms with Crippen LogP contribution >= 0.6 is 0 Å². The van der Waals surface area contributed by atoms with Crippen LogP contribution in [0.1, 0.15) is 18.4 Å². The normalized spacial score (nSPS) is 21.1. The average molecular weight is 205 g/mol. The van der Waals surface area contributed by atoms with Crippen LogP contribution in [0.25, 0.3) is 0 Å². The molecule has 1 unspecified atom stereocenters. The van der Waals surface area contributed by atoms with Gasteiger partial charge in [-0.1, -0.05) is 0 Å². The summed E-state index contributed by atoms with van der Waals surface area (Å²) in [5.41, 5.74) is 0.570. The maximum absolute atomic E-state index is 13.2. The van der Waals surface area contributed by atoms with E-state index >= 15 is 0 Å².